The summed E-state index contributed by atoms with van der Waals surface area (Å²) in [7, 11) is 0. The topological polar surface area (TPSA) is 55.4 Å². The lowest BCUT2D eigenvalue weighted by molar-refractivity contribution is -0.108. The average Bonchev–Trinajstić information content (AvgIpc) is 2.00. The second kappa shape index (κ2) is 5.62. The molecule has 14 heavy (non-hydrogen) atoms. The third kappa shape index (κ3) is 6.46. The van der Waals surface area contributed by atoms with E-state index in [0.717, 1.165) is 12.7 Å². The molecule has 0 saturated carbocycles. The molecule has 1 unspecified atom stereocenters. The molecule has 1 N–H and O–H groups in total. The molecule has 0 saturated heterocycles. The van der Waals surface area contributed by atoms with Crippen LogP contribution in [0, 0.1) is 0 Å². The molecule has 0 aliphatic rings. The molecular formula is C10H19NO3. The van der Waals surface area contributed by atoms with Crippen molar-refractivity contribution in [1.29, 1.82) is 0 Å². The van der Waals surface area contributed by atoms with Gasteiger partial charge < -0.3 is 14.8 Å². The van der Waals surface area contributed by atoms with Crippen molar-refractivity contribution in [1.82, 2.24) is 5.32 Å². The van der Waals surface area contributed by atoms with Gasteiger partial charge in [-0.05, 0) is 27.2 Å². The third-order valence-corrected chi connectivity index (χ3v) is 1.59. The summed E-state index contributed by atoms with van der Waals surface area (Å²) in [6.07, 6.45) is 1.38. The molecular weight excluding hydrogens is 182 g/mol. The molecule has 0 heterocycles. The summed E-state index contributed by atoms with van der Waals surface area (Å²) in [6.45, 7) is 7.30. The molecule has 0 aliphatic carbocycles. The van der Waals surface area contributed by atoms with Crippen LogP contribution in [0.3, 0.4) is 0 Å². The zero-order valence-corrected chi connectivity index (χ0v) is 9.29. The molecule has 0 rings (SSSR count). The van der Waals surface area contributed by atoms with E-state index in [1.807, 2.05) is 6.92 Å². The van der Waals surface area contributed by atoms with Gasteiger partial charge in [0.1, 0.15) is 11.9 Å². The first kappa shape index (κ1) is 12.9. The first-order valence-electron chi connectivity index (χ1n) is 4.82. The predicted molar refractivity (Wildman–Crippen MR) is 54.1 cm³/mol. The van der Waals surface area contributed by atoms with Crippen LogP contribution in [0.25, 0.3) is 0 Å². The molecule has 4 heteroatoms. The van der Waals surface area contributed by atoms with Crippen molar-refractivity contribution in [2.45, 2.75) is 52.2 Å². The number of amides is 1. The Kier molecular flexibility index (Phi) is 5.20. The number of nitrogens with one attached hydrogen (secondary N) is 1. The van der Waals surface area contributed by atoms with Gasteiger partial charge in [0, 0.05) is 12.5 Å². The molecule has 1 atom stereocenters. The van der Waals surface area contributed by atoms with Crippen molar-refractivity contribution in [2.24, 2.45) is 0 Å². The molecule has 0 bridgehead atoms. The molecule has 0 aromatic carbocycles. The van der Waals surface area contributed by atoms with E-state index in [4.69, 9.17) is 4.74 Å². The highest BCUT2D eigenvalue weighted by Crippen LogP contribution is 2.07. The van der Waals surface area contributed by atoms with E-state index >= 15 is 0 Å². The number of carbonyl (C=O) groups is 2. The lowest BCUT2D eigenvalue weighted by Crippen LogP contribution is -2.39. The normalized spacial score (nSPS) is 13.1. The summed E-state index contributed by atoms with van der Waals surface area (Å²) in [6, 6.07) is -0.123. The van der Waals surface area contributed by atoms with Crippen LogP contribution in [0.5, 0.6) is 0 Å². The maximum Gasteiger partial charge on any atom is 0.407 e. The van der Waals surface area contributed by atoms with Gasteiger partial charge in [0.2, 0.25) is 0 Å². The van der Waals surface area contributed by atoms with Gasteiger partial charge in [0.05, 0.1) is 0 Å². The summed E-state index contributed by atoms with van der Waals surface area (Å²) in [4.78, 5) is 21.5. The van der Waals surface area contributed by atoms with E-state index in [1.54, 1.807) is 20.8 Å². The minimum absolute atomic E-state index is 0.123. The number of carbonyl (C=O) groups excluding carboxylic acids is 2. The van der Waals surface area contributed by atoms with Gasteiger partial charge >= 0.3 is 6.09 Å². The van der Waals surface area contributed by atoms with E-state index < -0.39 is 11.7 Å². The first-order chi connectivity index (χ1) is 6.39. The molecule has 1 amide bonds. The van der Waals surface area contributed by atoms with E-state index in [9.17, 15) is 9.59 Å². The Hall–Kier alpha value is -1.06. The largest absolute Gasteiger partial charge is 0.444 e. The second-order valence-electron chi connectivity index (χ2n) is 4.15. The van der Waals surface area contributed by atoms with E-state index in [2.05, 4.69) is 5.32 Å². The lowest BCUT2D eigenvalue weighted by atomic mass is 10.2. The van der Waals surface area contributed by atoms with Crippen LogP contribution in [-0.2, 0) is 9.53 Å². The SMILES string of the molecule is CCC(CC=O)NC(=O)OC(C)(C)C. The van der Waals surface area contributed by atoms with Gasteiger partial charge in [-0.15, -0.1) is 0 Å². The monoisotopic (exact) mass is 201 g/mol. The Morgan fingerprint density at radius 2 is 2.07 bits per heavy atom. The van der Waals surface area contributed by atoms with Crippen molar-refractivity contribution in [3.05, 3.63) is 0 Å². The van der Waals surface area contributed by atoms with Crippen LogP contribution in [0.1, 0.15) is 40.5 Å². The van der Waals surface area contributed by atoms with Crippen LogP contribution in [-0.4, -0.2) is 24.0 Å². The fourth-order valence-corrected chi connectivity index (χ4v) is 0.918. The van der Waals surface area contributed by atoms with Crippen molar-refractivity contribution < 1.29 is 14.3 Å². The Balaban J connectivity index is 3.96. The van der Waals surface area contributed by atoms with Gasteiger partial charge in [-0.3, -0.25) is 0 Å². The van der Waals surface area contributed by atoms with Crippen molar-refractivity contribution in [3.63, 3.8) is 0 Å². The predicted octanol–water partition coefficient (Wildman–Crippen LogP) is 1.88. The van der Waals surface area contributed by atoms with Gasteiger partial charge in [-0.2, -0.15) is 0 Å². The Morgan fingerprint density at radius 1 is 1.50 bits per heavy atom. The van der Waals surface area contributed by atoms with Crippen LogP contribution >= 0.6 is 0 Å². The lowest BCUT2D eigenvalue weighted by Gasteiger charge is -2.22. The highest BCUT2D eigenvalue weighted by molar-refractivity contribution is 5.68. The second-order valence-corrected chi connectivity index (χ2v) is 4.15. The molecule has 0 spiro atoms. The number of aldehydes is 1. The average molecular weight is 201 g/mol. The first-order valence-corrected chi connectivity index (χ1v) is 4.82. The van der Waals surface area contributed by atoms with Crippen LogP contribution in [0.4, 0.5) is 4.79 Å². The standard InChI is InChI=1S/C10H19NO3/c1-5-8(6-7-12)11-9(13)14-10(2,3)4/h7-8H,5-6H2,1-4H3,(H,11,13). The van der Waals surface area contributed by atoms with Crippen molar-refractivity contribution in [2.75, 3.05) is 0 Å². The fraction of sp³-hybridized carbons (Fsp3) is 0.800. The Morgan fingerprint density at radius 3 is 2.43 bits per heavy atom. The van der Waals surface area contributed by atoms with Crippen LogP contribution < -0.4 is 5.32 Å². The molecule has 4 nitrogen and oxygen atoms in total. The maximum absolute atomic E-state index is 11.3. The molecule has 0 aliphatic heterocycles. The van der Waals surface area contributed by atoms with Gasteiger partial charge in [0.25, 0.3) is 0 Å². The summed E-state index contributed by atoms with van der Waals surface area (Å²) >= 11 is 0. The van der Waals surface area contributed by atoms with Gasteiger partial charge in [-0.1, -0.05) is 6.92 Å². The summed E-state index contributed by atoms with van der Waals surface area (Å²) in [5, 5.41) is 2.63. The smallest absolute Gasteiger partial charge is 0.407 e. The van der Waals surface area contributed by atoms with Crippen molar-refractivity contribution in [3.8, 4) is 0 Å². The minimum Gasteiger partial charge on any atom is -0.444 e. The zero-order valence-electron chi connectivity index (χ0n) is 9.29. The van der Waals surface area contributed by atoms with Gasteiger partial charge in [-0.25, -0.2) is 4.79 Å². The fourth-order valence-electron chi connectivity index (χ4n) is 0.918. The van der Waals surface area contributed by atoms with E-state index in [1.165, 1.54) is 0 Å². The summed E-state index contributed by atoms with van der Waals surface area (Å²) in [5.74, 6) is 0. The summed E-state index contributed by atoms with van der Waals surface area (Å²) < 4.78 is 5.05. The van der Waals surface area contributed by atoms with E-state index in [0.29, 0.717) is 6.42 Å². The van der Waals surface area contributed by atoms with Crippen LogP contribution in [0.2, 0.25) is 0 Å². The molecule has 82 valence electrons. The number of rotatable bonds is 4. The Bertz CT molecular complexity index is 196. The number of ether oxygens (including phenoxy) is 1. The number of hydrogen-bond donors (Lipinski definition) is 1. The molecule has 0 fully saturated rings. The van der Waals surface area contributed by atoms with Crippen LogP contribution in [0.15, 0.2) is 0 Å². The summed E-state index contributed by atoms with van der Waals surface area (Å²) in [5.41, 5.74) is -0.496. The molecule has 0 radical (unpaired) electrons. The minimum atomic E-state index is -0.496. The number of alkyl carbamates (subject to hydrolysis) is 1. The highest BCUT2D eigenvalue weighted by Gasteiger charge is 2.18. The Labute approximate surface area is 85.0 Å². The van der Waals surface area contributed by atoms with Crippen molar-refractivity contribution >= 4 is 12.4 Å². The highest BCUT2D eigenvalue weighted by atomic mass is 16.6. The van der Waals surface area contributed by atoms with E-state index in [-0.39, 0.29) is 6.04 Å². The maximum atomic E-state index is 11.3. The van der Waals surface area contributed by atoms with Gasteiger partial charge in [0.15, 0.2) is 0 Å². The molecule has 0 aromatic heterocycles. The number of hydrogen-bond acceptors (Lipinski definition) is 3. The molecule has 0 aromatic rings. The third-order valence-electron chi connectivity index (χ3n) is 1.59. The quantitative estimate of drug-likeness (QED) is 0.706. The zero-order chi connectivity index (χ0) is 11.2.